The minimum Gasteiger partial charge on any atom is -0.353 e. The molecule has 0 saturated carbocycles. The Balaban J connectivity index is 1.95. The molecule has 0 aliphatic rings. The van der Waals surface area contributed by atoms with E-state index in [2.05, 4.69) is 5.10 Å². The first kappa shape index (κ1) is 16.0. The van der Waals surface area contributed by atoms with E-state index in [1.165, 1.54) is 21.4 Å². The zero-order valence-electron chi connectivity index (χ0n) is 13.0. The molecule has 3 aromatic rings. The molecule has 0 unspecified atom stereocenters. The average Bonchev–Trinajstić information content (AvgIpc) is 3.22. The van der Waals surface area contributed by atoms with Crippen LogP contribution in [0.4, 0.5) is 0 Å². The smallest absolute Gasteiger partial charge is 0.246 e. The summed E-state index contributed by atoms with van der Waals surface area (Å²) in [5.41, 5.74) is 0.939. The number of hydrogen-bond donors (Lipinski definition) is 0. The van der Waals surface area contributed by atoms with Gasteiger partial charge in [0, 0.05) is 43.6 Å². The van der Waals surface area contributed by atoms with Gasteiger partial charge in [0.2, 0.25) is 10.0 Å². The van der Waals surface area contributed by atoms with Crippen molar-refractivity contribution in [2.75, 3.05) is 0 Å². The van der Waals surface area contributed by atoms with Crippen LogP contribution in [0.1, 0.15) is 10.6 Å². The van der Waals surface area contributed by atoms with Gasteiger partial charge in [0.05, 0.1) is 12.7 Å². The fourth-order valence-corrected chi connectivity index (χ4v) is 4.50. The lowest BCUT2D eigenvalue weighted by molar-refractivity contribution is 0.395. The number of aryl methyl sites for hydroxylation is 2. The molecule has 0 bridgehead atoms. The summed E-state index contributed by atoms with van der Waals surface area (Å²) in [6.45, 7) is 0.665. The highest BCUT2D eigenvalue weighted by Gasteiger charge is 2.27. The fraction of sp³-hybridized carbons (Fsp3) is 0.267. The van der Waals surface area contributed by atoms with Crippen LogP contribution in [-0.4, -0.2) is 27.1 Å². The number of sulfonamides is 1. The molecule has 3 rings (SSSR count). The van der Waals surface area contributed by atoms with Crippen LogP contribution in [0.5, 0.6) is 0 Å². The molecule has 0 spiro atoms. The van der Waals surface area contributed by atoms with Crippen LogP contribution >= 0.6 is 11.3 Å². The lowest BCUT2D eigenvalue weighted by Gasteiger charge is -2.21. The van der Waals surface area contributed by atoms with Crippen molar-refractivity contribution >= 4 is 21.4 Å². The summed E-state index contributed by atoms with van der Waals surface area (Å²) >= 11 is 1.55. The van der Waals surface area contributed by atoms with Crippen molar-refractivity contribution in [2.24, 2.45) is 14.1 Å². The Kier molecular flexibility index (Phi) is 4.38. The Morgan fingerprint density at radius 1 is 1.22 bits per heavy atom. The Hall–Kier alpha value is -1.90. The summed E-state index contributed by atoms with van der Waals surface area (Å²) in [5, 5.41) is 5.94. The molecule has 122 valence electrons. The normalized spacial score (nSPS) is 12.1. The van der Waals surface area contributed by atoms with Crippen molar-refractivity contribution in [3.63, 3.8) is 0 Å². The van der Waals surface area contributed by atoms with Gasteiger partial charge in [0.25, 0.3) is 0 Å². The molecular weight excluding hydrogens is 332 g/mol. The minimum atomic E-state index is -3.61. The quantitative estimate of drug-likeness (QED) is 0.685. The van der Waals surface area contributed by atoms with Gasteiger partial charge < -0.3 is 4.57 Å². The monoisotopic (exact) mass is 350 g/mol. The Labute approximate surface area is 139 Å². The predicted molar refractivity (Wildman–Crippen MR) is 89.4 cm³/mol. The van der Waals surface area contributed by atoms with Crippen molar-refractivity contribution in [2.45, 2.75) is 18.0 Å². The van der Waals surface area contributed by atoms with Crippen LogP contribution in [0.3, 0.4) is 0 Å². The molecule has 0 fully saturated rings. The summed E-state index contributed by atoms with van der Waals surface area (Å²) in [7, 11) is 0.0144. The van der Waals surface area contributed by atoms with E-state index in [1.54, 1.807) is 18.4 Å². The van der Waals surface area contributed by atoms with Crippen LogP contribution in [-0.2, 0) is 37.2 Å². The third kappa shape index (κ3) is 3.39. The summed E-state index contributed by atoms with van der Waals surface area (Å²) < 4.78 is 30.9. The Morgan fingerprint density at radius 2 is 2.04 bits per heavy atom. The van der Waals surface area contributed by atoms with Gasteiger partial charge in [0.1, 0.15) is 4.90 Å². The van der Waals surface area contributed by atoms with Crippen molar-refractivity contribution in [1.29, 1.82) is 0 Å². The van der Waals surface area contributed by atoms with Crippen LogP contribution in [0.15, 0.2) is 53.1 Å². The molecule has 23 heavy (non-hydrogen) atoms. The first-order valence-electron chi connectivity index (χ1n) is 7.08. The second kappa shape index (κ2) is 6.31. The third-order valence-electron chi connectivity index (χ3n) is 3.62. The average molecular weight is 350 g/mol. The first-order valence-corrected chi connectivity index (χ1v) is 9.40. The van der Waals surface area contributed by atoms with E-state index in [1.807, 2.05) is 47.5 Å². The van der Waals surface area contributed by atoms with Crippen molar-refractivity contribution in [1.82, 2.24) is 18.7 Å². The topological polar surface area (TPSA) is 60.1 Å². The van der Waals surface area contributed by atoms with Crippen LogP contribution in [0.25, 0.3) is 0 Å². The largest absolute Gasteiger partial charge is 0.353 e. The summed E-state index contributed by atoms with van der Waals surface area (Å²) in [6, 6.07) is 7.72. The van der Waals surface area contributed by atoms with E-state index in [0.717, 1.165) is 10.6 Å². The number of rotatable bonds is 6. The first-order chi connectivity index (χ1) is 11.0. The molecule has 3 aromatic heterocycles. The van der Waals surface area contributed by atoms with E-state index in [4.69, 9.17) is 0 Å². The second-order valence-electron chi connectivity index (χ2n) is 5.31. The van der Waals surface area contributed by atoms with Crippen molar-refractivity contribution in [3.05, 3.63) is 58.8 Å². The van der Waals surface area contributed by atoms with Gasteiger partial charge in [-0.2, -0.15) is 9.40 Å². The number of hydrogen-bond acceptors (Lipinski definition) is 4. The van der Waals surface area contributed by atoms with E-state index in [-0.39, 0.29) is 4.90 Å². The molecule has 0 amide bonds. The van der Waals surface area contributed by atoms with Gasteiger partial charge in [-0.3, -0.25) is 4.68 Å². The molecule has 0 aliphatic carbocycles. The van der Waals surface area contributed by atoms with Crippen LogP contribution in [0, 0.1) is 0 Å². The molecular formula is C15H18N4O2S2. The number of nitrogens with zero attached hydrogens (tertiary/aromatic N) is 4. The minimum absolute atomic E-state index is 0.214. The molecule has 0 atom stereocenters. The van der Waals surface area contributed by atoms with Crippen molar-refractivity contribution in [3.8, 4) is 0 Å². The maximum atomic E-state index is 13.0. The van der Waals surface area contributed by atoms with E-state index in [9.17, 15) is 8.42 Å². The molecule has 8 heteroatoms. The molecule has 6 nitrogen and oxygen atoms in total. The molecule has 0 radical (unpaired) electrons. The van der Waals surface area contributed by atoms with E-state index >= 15 is 0 Å². The standard InChI is InChI=1S/C15H18N4O2S2/c1-17-7-3-5-13(17)10-19(11-14-6-4-8-22-14)23(20,21)15-9-16-18(2)12-15/h3-9,12H,10-11H2,1-2H3. The zero-order chi connectivity index (χ0) is 16.4. The highest BCUT2D eigenvalue weighted by molar-refractivity contribution is 7.89. The van der Waals surface area contributed by atoms with Gasteiger partial charge in [-0.1, -0.05) is 6.07 Å². The highest BCUT2D eigenvalue weighted by Crippen LogP contribution is 2.22. The second-order valence-corrected chi connectivity index (χ2v) is 8.28. The lowest BCUT2D eigenvalue weighted by atomic mass is 10.4. The van der Waals surface area contributed by atoms with E-state index in [0.29, 0.717) is 13.1 Å². The zero-order valence-corrected chi connectivity index (χ0v) is 14.6. The van der Waals surface area contributed by atoms with Gasteiger partial charge in [-0.15, -0.1) is 11.3 Å². The summed E-state index contributed by atoms with van der Waals surface area (Å²) in [6.07, 6.45) is 4.83. The lowest BCUT2D eigenvalue weighted by Crippen LogP contribution is -2.30. The fourth-order valence-electron chi connectivity index (χ4n) is 2.32. The van der Waals surface area contributed by atoms with Crippen molar-refractivity contribution < 1.29 is 8.42 Å². The van der Waals surface area contributed by atoms with Gasteiger partial charge in [-0.25, -0.2) is 8.42 Å². The Bertz CT molecular complexity index is 878. The van der Waals surface area contributed by atoms with Crippen LogP contribution < -0.4 is 0 Å². The SMILES string of the molecule is Cn1cc(S(=O)(=O)N(Cc2cccs2)Cc2cccn2C)cn1. The summed E-state index contributed by atoms with van der Waals surface area (Å²) in [4.78, 5) is 1.22. The third-order valence-corrected chi connectivity index (χ3v) is 6.23. The van der Waals surface area contributed by atoms with E-state index < -0.39 is 10.0 Å². The molecule has 0 aromatic carbocycles. The molecule has 0 saturated heterocycles. The Morgan fingerprint density at radius 3 is 2.61 bits per heavy atom. The molecule has 0 N–H and O–H groups in total. The number of thiophene rings is 1. The molecule has 0 aliphatic heterocycles. The highest BCUT2D eigenvalue weighted by atomic mass is 32.2. The summed E-state index contributed by atoms with van der Waals surface area (Å²) in [5.74, 6) is 0. The maximum Gasteiger partial charge on any atom is 0.246 e. The molecule has 3 heterocycles. The van der Waals surface area contributed by atoms with Gasteiger partial charge >= 0.3 is 0 Å². The maximum absolute atomic E-state index is 13.0. The number of aromatic nitrogens is 3. The van der Waals surface area contributed by atoms with Gasteiger partial charge in [0.15, 0.2) is 0 Å². The van der Waals surface area contributed by atoms with Crippen LogP contribution in [0.2, 0.25) is 0 Å². The van der Waals surface area contributed by atoms with Gasteiger partial charge in [-0.05, 0) is 23.6 Å². The predicted octanol–water partition coefficient (Wildman–Crippen LogP) is 2.21.